The molecule has 8 heteroatoms. The number of hydrogen-bond donors (Lipinski definition) is 1. The van der Waals surface area contributed by atoms with Gasteiger partial charge in [-0.15, -0.1) is 0 Å². The third-order valence-corrected chi connectivity index (χ3v) is 7.44. The number of quaternary nitrogens is 1. The Bertz CT molecular complexity index is 1080. The van der Waals surface area contributed by atoms with Gasteiger partial charge < -0.3 is 10.5 Å². The first-order chi connectivity index (χ1) is 13.7. The summed E-state index contributed by atoms with van der Waals surface area (Å²) in [4.78, 5) is 0. The molecule has 1 atom stereocenters. The highest BCUT2D eigenvalue weighted by Gasteiger charge is 2.46. The van der Waals surface area contributed by atoms with E-state index in [-0.39, 0.29) is 28.5 Å². The van der Waals surface area contributed by atoms with Gasteiger partial charge in [-0.05, 0) is 37.3 Å². The monoisotopic (exact) mass is 421 g/mol. The van der Waals surface area contributed by atoms with Crippen molar-refractivity contribution in [1.82, 2.24) is 3.89 Å². The largest absolute Gasteiger partial charge is 0.454 e. The Morgan fingerprint density at radius 3 is 2.41 bits per heavy atom. The van der Waals surface area contributed by atoms with Gasteiger partial charge in [-0.3, -0.25) is 0 Å². The van der Waals surface area contributed by atoms with E-state index in [4.69, 9.17) is 10.5 Å². The quantitative estimate of drug-likeness (QED) is 0.709. The van der Waals surface area contributed by atoms with Gasteiger partial charge in [0.15, 0.2) is 17.3 Å². The number of halogens is 2. The lowest BCUT2D eigenvalue weighted by molar-refractivity contribution is 0.437. The number of ether oxygens (including phenoxy) is 1. The molecule has 0 aromatic heterocycles. The molecular formula is C21H23F2N2O3S+. The number of allylic oxidation sites excluding steroid dienone is 1. The number of benzene rings is 2. The Balaban J connectivity index is 2.03. The van der Waals surface area contributed by atoms with Crippen LogP contribution in [0.2, 0.25) is 0 Å². The first-order valence-corrected chi connectivity index (χ1v) is 10.8. The topological polar surface area (TPSA) is 69.4 Å². The average molecular weight is 421 g/mol. The second-order valence-electron chi connectivity index (χ2n) is 6.68. The Morgan fingerprint density at radius 1 is 1.14 bits per heavy atom. The summed E-state index contributed by atoms with van der Waals surface area (Å²) in [6.45, 7) is 3.86. The van der Waals surface area contributed by atoms with Crippen molar-refractivity contribution in [2.24, 2.45) is 5.73 Å². The fourth-order valence-corrected chi connectivity index (χ4v) is 5.22. The minimum atomic E-state index is -3.58. The molecule has 0 bridgehead atoms. The van der Waals surface area contributed by atoms with Crippen LogP contribution in [0.5, 0.6) is 11.5 Å². The van der Waals surface area contributed by atoms with E-state index in [1.165, 1.54) is 6.07 Å². The van der Waals surface area contributed by atoms with E-state index >= 15 is 0 Å². The molecule has 5 nitrogen and oxygen atoms in total. The summed E-state index contributed by atoms with van der Waals surface area (Å²) in [6.07, 6.45) is 3.66. The van der Waals surface area contributed by atoms with Gasteiger partial charge in [0.2, 0.25) is 0 Å². The van der Waals surface area contributed by atoms with Gasteiger partial charge in [0.25, 0.3) is 0 Å². The van der Waals surface area contributed by atoms with E-state index in [9.17, 15) is 17.2 Å². The maximum absolute atomic E-state index is 13.8. The molecule has 1 heterocycles. The third-order valence-electron chi connectivity index (χ3n) is 5.12. The van der Waals surface area contributed by atoms with E-state index in [0.717, 1.165) is 17.7 Å². The molecule has 0 aliphatic carbocycles. The van der Waals surface area contributed by atoms with Gasteiger partial charge >= 0.3 is 10.0 Å². The van der Waals surface area contributed by atoms with Crippen molar-refractivity contribution in [2.75, 3.05) is 18.8 Å². The Kier molecular flexibility index (Phi) is 5.88. The highest BCUT2D eigenvalue weighted by Crippen LogP contribution is 2.39. The maximum Gasteiger partial charge on any atom is 0.306 e. The normalized spacial score (nSPS) is 19.5. The van der Waals surface area contributed by atoms with Gasteiger partial charge in [-0.1, -0.05) is 6.08 Å². The van der Waals surface area contributed by atoms with Crippen molar-refractivity contribution >= 4 is 15.7 Å². The Hall–Kier alpha value is -2.55. The van der Waals surface area contributed by atoms with E-state index in [1.807, 2.05) is 6.08 Å². The molecule has 2 aromatic rings. The highest BCUT2D eigenvalue weighted by molar-refractivity contribution is 7.91. The second-order valence-corrected chi connectivity index (χ2v) is 9.05. The van der Waals surface area contributed by atoms with Gasteiger partial charge in [0.1, 0.15) is 23.8 Å². The molecule has 0 saturated carbocycles. The van der Waals surface area contributed by atoms with Crippen LogP contribution in [-0.4, -0.2) is 27.3 Å². The first kappa shape index (κ1) is 21.2. The summed E-state index contributed by atoms with van der Waals surface area (Å²) in [6, 6.07) is 9.45. The minimum Gasteiger partial charge on any atom is -0.454 e. The second kappa shape index (κ2) is 8.06. The molecule has 1 unspecified atom stereocenters. The molecule has 2 aromatic carbocycles. The summed E-state index contributed by atoms with van der Waals surface area (Å²) in [7, 11) is -3.58. The summed E-state index contributed by atoms with van der Waals surface area (Å²) >= 11 is 0. The van der Waals surface area contributed by atoms with Crippen LogP contribution in [-0.2, 0) is 10.0 Å². The predicted molar refractivity (Wildman–Crippen MR) is 110 cm³/mol. The van der Waals surface area contributed by atoms with Crippen molar-refractivity contribution < 1.29 is 21.9 Å². The summed E-state index contributed by atoms with van der Waals surface area (Å²) in [5, 5.41) is 0. The molecule has 29 heavy (non-hydrogen) atoms. The molecule has 1 aliphatic heterocycles. The molecule has 3 rings (SSSR count). The minimum absolute atomic E-state index is 0.0466. The lowest BCUT2D eigenvalue weighted by Crippen LogP contribution is -2.55. The smallest absolute Gasteiger partial charge is 0.306 e. The van der Waals surface area contributed by atoms with Crippen LogP contribution in [0.4, 0.5) is 14.5 Å². The van der Waals surface area contributed by atoms with Crippen molar-refractivity contribution in [3.8, 4) is 11.5 Å². The first-order valence-electron chi connectivity index (χ1n) is 9.16. The van der Waals surface area contributed by atoms with Crippen molar-refractivity contribution in [2.45, 2.75) is 13.8 Å². The summed E-state index contributed by atoms with van der Waals surface area (Å²) < 4.78 is 58.3. The molecule has 0 radical (unpaired) electrons. The van der Waals surface area contributed by atoms with Crippen LogP contribution in [0.1, 0.15) is 13.8 Å². The van der Waals surface area contributed by atoms with E-state index in [1.54, 1.807) is 44.2 Å². The van der Waals surface area contributed by atoms with Gasteiger partial charge in [-0.2, -0.15) is 12.3 Å². The number of nitrogens with two attached hydrogens (primary N) is 1. The SMILES string of the molecule is CCS(=O)(=O)[N+]1(c2ccc(Oc3ccc(F)cc3F)cc2)CC=CC(CN)=C1C. The molecule has 154 valence electrons. The van der Waals surface area contributed by atoms with E-state index in [2.05, 4.69) is 0 Å². The number of hydrogen-bond acceptors (Lipinski definition) is 4. The van der Waals surface area contributed by atoms with E-state index < -0.39 is 21.7 Å². The van der Waals surface area contributed by atoms with Crippen LogP contribution < -0.4 is 14.4 Å². The zero-order valence-electron chi connectivity index (χ0n) is 16.2. The van der Waals surface area contributed by atoms with Gasteiger partial charge in [0, 0.05) is 37.2 Å². The van der Waals surface area contributed by atoms with Gasteiger partial charge in [-0.25, -0.2) is 8.78 Å². The van der Waals surface area contributed by atoms with Crippen LogP contribution in [0.3, 0.4) is 0 Å². The lowest BCUT2D eigenvalue weighted by atomic mass is 10.1. The maximum atomic E-state index is 13.8. The van der Waals surface area contributed by atoms with Gasteiger partial charge in [0.05, 0.1) is 5.75 Å². The third kappa shape index (κ3) is 3.71. The predicted octanol–water partition coefficient (Wildman–Crippen LogP) is 4.22. The molecule has 1 aliphatic rings. The van der Waals surface area contributed by atoms with Crippen LogP contribution in [0.25, 0.3) is 0 Å². The Labute approximate surface area is 169 Å². The lowest BCUT2D eigenvalue weighted by Gasteiger charge is -2.38. The van der Waals surface area contributed by atoms with Crippen LogP contribution in [0, 0.1) is 11.6 Å². The molecule has 0 amide bonds. The highest BCUT2D eigenvalue weighted by atomic mass is 32.2. The van der Waals surface area contributed by atoms with Crippen molar-refractivity contribution in [3.05, 3.63) is 77.5 Å². The molecule has 2 N–H and O–H groups in total. The van der Waals surface area contributed by atoms with Crippen molar-refractivity contribution in [3.63, 3.8) is 0 Å². The number of rotatable bonds is 6. The average Bonchev–Trinajstić information content (AvgIpc) is 2.71. The number of sulfonamides is 1. The summed E-state index contributed by atoms with van der Waals surface area (Å²) in [5.41, 5.74) is 7.76. The zero-order chi connectivity index (χ0) is 21.2. The zero-order valence-corrected chi connectivity index (χ0v) is 17.0. The van der Waals surface area contributed by atoms with Crippen LogP contribution in [0.15, 0.2) is 65.9 Å². The number of nitrogens with zero attached hydrogens (tertiary/aromatic N) is 1. The summed E-state index contributed by atoms with van der Waals surface area (Å²) in [5.74, 6) is -1.38. The molecule has 0 saturated heterocycles. The van der Waals surface area contributed by atoms with E-state index in [0.29, 0.717) is 17.1 Å². The molecular weight excluding hydrogens is 398 g/mol. The standard InChI is InChI=1S/C21H23F2N2O3S/c1-3-29(26,27)25(12-4-5-16(14-24)15(25)2)18-7-9-19(10-8-18)28-21-11-6-17(22)13-20(21)23/h4-11,13H,3,12,14,24H2,1-2H3/q+1. The molecule has 0 spiro atoms. The fourth-order valence-electron chi connectivity index (χ4n) is 3.49. The molecule has 0 fully saturated rings. The fraction of sp³-hybridized carbons (Fsp3) is 0.238. The van der Waals surface area contributed by atoms with Crippen molar-refractivity contribution in [1.29, 1.82) is 0 Å². The Morgan fingerprint density at radius 2 is 1.83 bits per heavy atom. The van der Waals surface area contributed by atoms with Crippen LogP contribution >= 0.6 is 0 Å².